The molecule has 1 saturated heterocycles. The molecule has 8 aromatic carbocycles. The van der Waals surface area contributed by atoms with Crippen molar-refractivity contribution >= 4 is 142 Å². The lowest BCUT2D eigenvalue weighted by molar-refractivity contribution is -0.137. The third-order valence-corrected chi connectivity index (χ3v) is 14.4. The standard InChI is InChI=1S/C22H18Br2N2O2.C16H15BrO.C9H6BrF3O.C7H4BrNO.C6H6BrN/c1-15-3-2-4-16(13-15)22(28)14-25(19-9-5-17(23)6-10-19)21(27)26(22)20-11-7-18(24)8-12-20;1-12-3-2-4-14(11-12)16(18)10-7-13-5-8-15(17)9-6-13;10-5-8(14)6-2-1-3-7(4-6)9(11,12)13;8-6-1-3-7(4-2-6)9-5-10;7-5-1-3-6(8)4-2-5/h2-13,28H,14H2,1H3;2-6,8-9,11H,7,10H2,1H3;1-4H,5H2;1-4H;1-4H,8H2. The van der Waals surface area contributed by atoms with Crippen LogP contribution in [-0.4, -0.2) is 40.7 Å². The number of carbonyl (C=O) groups is 3. The van der Waals surface area contributed by atoms with E-state index in [1.807, 2.05) is 172 Å². The molecule has 402 valence electrons. The second-order valence-electron chi connectivity index (χ2n) is 17.1. The number of aliphatic imine (C=N–C) groups is 1. The first-order valence-corrected chi connectivity index (χ1v) is 28.6. The molecular weight excluding hydrogens is 1390 g/mol. The number of Topliss-reactive ketones (excluding diaryl/α,β-unsaturated/α-hetero) is 2. The lowest BCUT2D eigenvalue weighted by Crippen LogP contribution is -2.44. The fourth-order valence-corrected chi connectivity index (χ4v) is 8.98. The minimum Gasteiger partial charge on any atom is -0.399 e. The van der Waals surface area contributed by atoms with Crippen molar-refractivity contribution in [2.24, 2.45) is 4.99 Å². The van der Waals surface area contributed by atoms with E-state index in [9.17, 15) is 37.5 Å². The van der Waals surface area contributed by atoms with Crippen LogP contribution in [0.5, 0.6) is 0 Å². The number of β-amino-alcohol motifs (C(OH)–C–C–N with tert-alkyl or cyclic N) is 1. The molecule has 1 unspecified atom stereocenters. The molecule has 3 N–H and O–H groups in total. The van der Waals surface area contributed by atoms with Crippen LogP contribution in [0.15, 0.2) is 221 Å². The Balaban J connectivity index is 0.000000194. The number of aliphatic hydroxyl groups is 1. The Hall–Kier alpha value is -5.82. The van der Waals surface area contributed by atoms with Gasteiger partial charge in [-0.3, -0.25) is 19.4 Å². The van der Waals surface area contributed by atoms with Crippen molar-refractivity contribution in [3.63, 3.8) is 0 Å². The smallest absolute Gasteiger partial charge is 0.399 e. The molecule has 2 amide bonds. The summed E-state index contributed by atoms with van der Waals surface area (Å²) in [5.41, 5.74) is 10.8. The highest BCUT2D eigenvalue weighted by atomic mass is 79.9. The first kappa shape index (κ1) is 63.0. The third kappa shape index (κ3) is 19.5. The molecule has 0 bridgehead atoms. The van der Waals surface area contributed by atoms with Gasteiger partial charge in [-0.2, -0.15) is 18.2 Å². The molecular formula is C60H49Br6F3N4O5. The number of carbonyl (C=O) groups excluding carboxylic acids is 4. The van der Waals surface area contributed by atoms with Gasteiger partial charge in [-0.15, -0.1) is 0 Å². The van der Waals surface area contributed by atoms with Crippen LogP contribution in [0.1, 0.15) is 55.0 Å². The normalized spacial score (nSPS) is 13.4. The predicted molar refractivity (Wildman–Crippen MR) is 327 cm³/mol. The molecule has 18 heteroatoms. The van der Waals surface area contributed by atoms with Crippen LogP contribution in [0.3, 0.4) is 0 Å². The number of rotatable bonds is 10. The fraction of sp³-hybridized carbons (Fsp3) is 0.133. The van der Waals surface area contributed by atoms with Crippen molar-refractivity contribution in [3.05, 3.63) is 255 Å². The number of isocyanates is 1. The van der Waals surface area contributed by atoms with E-state index in [1.54, 1.807) is 17.0 Å². The molecule has 0 radical (unpaired) electrons. The quantitative estimate of drug-likeness (QED) is 0.0461. The van der Waals surface area contributed by atoms with Crippen LogP contribution >= 0.6 is 95.6 Å². The number of aryl methyl sites for hydroxylation is 3. The maximum absolute atomic E-state index is 13.4. The zero-order chi connectivity index (χ0) is 57.0. The number of urea groups is 1. The summed E-state index contributed by atoms with van der Waals surface area (Å²) in [6.07, 6.45) is -1.58. The summed E-state index contributed by atoms with van der Waals surface area (Å²) in [7, 11) is 0. The average Bonchev–Trinajstić information content (AvgIpc) is 3.98. The number of halogens is 9. The summed E-state index contributed by atoms with van der Waals surface area (Å²) in [5, 5.41) is 11.8. The minimum absolute atomic E-state index is 0.0221. The molecule has 0 aromatic heterocycles. The number of hydrogen-bond acceptors (Lipinski definition) is 7. The van der Waals surface area contributed by atoms with Gasteiger partial charge in [0, 0.05) is 62.5 Å². The monoisotopic (exact) mass is 1440 g/mol. The zero-order valence-corrected chi connectivity index (χ0v) is 51.2. The number of benzene rings is 8. The van der Waals surface area contributed by atoms with Gasteiger partial charge in [0.25, 0.3) is 0 Å². The van der Waals surface area contributed by atoms with Crippen LogP contribution in [-0.2, 0) is 23.1 Å². The largest absolute Gasteiger partial charge is 0.416 e. The Kier molecular flexibility index (Phi) is 24.7. The van der Waals surface area contributed by atoms with Gasteiger partial charge < -0.3 is 10.8 Å². The second-order valence-corrected chi connectivity index (χ2v) is 22.3. The molecule has 0 saturated carbocycles. The maximum atomic E-state index is 13.4. The number of alkyl halides is 4. The topological polar surface area (TPSA) is 133 Å². The minimum atomic E-state index is -4.40. The molecule has 0 spiro atoms. The molecule has 1 atom stereocenters. The molecule has 1 aliphatic heterocycles. The number of amides is 2. The average molecular weight is 1440 g/mol. The van der Waals surface area contributed by atoms with E-state index in [2.05, 4.69) is 101 Å². The Morgan fingerprint density at radius 3 is 1.58 bits per heavy atom. The highest BCUT2D eigenvalue weighted by molar-refractivity contribution is 9.11. The Morgan fingerprint density at radius 1 is 0.628 bits per heavy atom. The van der Waals surface area contributed by atoms with E-state index in [0.29, 0.717) is 23.4 Å². The lowest BCUT2D eigenvalue weighted by Gasteiger charge is -2.32. The van der Waals surface area contributed by atoms with Crippen molar-refractivity contribution in [2.45, 2.75) is 38.6 Å². The first-order valence-electron chi connectivity index (χ1n) is 23.5. The Morgan fingerprint density at radius 2 is 1.09 bits per heavy atom. The highest BCUT2D eigenvalue weighted by Crippen LogP contribution is 2.41. The zero-order valence-electron chi connectivity index (χ0n) is 41.7. The number of anilines is 3. The van der Waals surface area contributed by atoms with Gasteiger partial charge in [0.05, 0.1) is 23.1 Å². The predicted octanol–water partition coefficient (Wildman–Crippen LogP) is 18.1. The fourth-order valence-electron chi connectivity index (χ4n) is 7.34. The Bertz CT molecular complexity index is 3290. The van der Waals surface area contributed by atoms with Crippen molar-refractivity contribution < 1.29 is 37.5 Å². The SMILES string of the molecule is Cc1cccc(C(=O)CCc2ccc(Br)cc2)c1.Cc1cccc(C2(O)CN(c3ccc(Br)cc3)C(=O)N2c2ccc(Br)cc2)c1.Nc1ccc(Br)cc1.O=C(CBr)c1cccc(C(F)(F)F)c1.O=C=Nc1ccc(Br)cc1. The number of nitrogens with two attached hydrogens (primary N) is 1. The van der Waals surface area contributed by atoms with E-state index in [4.69, 9.17) is 5.73 Å². The van der Waals surface area contributed by atoms with E-state index >= 15 is 0 Å². The van der Waals surface area contributed by atoms with Crippen LogP contribution in [0.25, 0.3) is 0 Å². The van der Waals surface area contributed by atoms with Gasteiger partial charge in [-0.1, -0.05) is 173 Å². The summed E-state index contributed by atoms with van der Waals surface area (Å²) in [6.45, 7) is 4.11. The summed E-state index contributed by atoms with van der Waals surface area (Å²) in [4.78, 5) is 52.8. The summed E-state index contributed by atoms with van der Waals surface area (Å²) < 4.78 is 41.6. The van der Waals surface area contributed by atoms with Gasteiger partial charge in [0.2, 0.25) is 6.08 Å². The Labute approximate surface area is 501 Å². The van der Waals surface area contributed by atoms with Gasteiger partial charge in [-0.05, 0) is 153 Å². The van der Waals surface area contributed by atoms with E-state index in [1.165, 1.54) is 28.7 Å². The van der Waals surface area contributed by atoms with E-state index < -0.39 is 17.5 Å². The van der Waals surface area contributed by atoms with Crippen molar-refractivity contribution in [1.29, 1.82) is 0 Å². The van der Waals surface area contributed by atoms with Gasteiger partial charge >= 0.3 is 12.2 Å². The maximum Gasteiger partial charge on any atom is 0.416 e. The summed E-state index contributed by atoms with van der Waals surface area (Å²) >= 11 is 19.7. The highest BCUT2D eigenvalue weighted by Gasteiger charge is 2.51. The van der Waals surface area contributed by atoms with Crippen LogP contribution in [0, 0.1) is 13.8 Å². The molecule has 1 heterocycles. The molecule has 0 aliphatic carbocycles. The van der Waals surface area contributed by atoms with E-state index in [-0.39, 0.29) is 35.0 Å². The third-order valence-electron chi connectivity index (χ3n) is 11.3. The van der Waals surface area contributed by atoms with Crippen LogP contribution in [0.2, 0.25) is 0 Å². The van der Waals surface area contributed by atoms with Gasteiger partial charge in [-0.25, -0.2) is 9.59 Å². The number of hydrogen-bond donors (Lipinski definition) is 2. The molecule has 1 fully saturated rings. The van der Waals surface area contributed by atoms with Crippen molar-refractivity contribution in [1.82, 2.24) is 0 Å². The summed E-state index contributed by atoms with van der Waals surface area (Å²) in [5.74, 6) is -0.155. The van der Waals surface area contributed by atoms with E-state index in [0.717, 1.165) is 69.0 Å². The molecule has 78 heavy (non-hydrogen) atoms. The molecule has 9 rings (SSSR count). The molecule has 8 aromatic rings. The van der Waals surface area contributed by atoms with Gasteiger partial charge in [0.1, 0.15) is 0 Å². The number of nitrogens with zero attached hydrogens (tertiary/aromatic N) is 3. The lowest BCUT2D eigenvalue weighted by atomic mass is 9.99. The van der Waals surface area contributed by atoms with Crippen molar-refractivity contribution in [3.8, 4) is 0 Å². The number of ketones is 2. The van der Waals surface area contributed by atoms with Gasteiger partial charge in [0.15, 0.2) is 17.3 Å². The first-order chi connectivity index (χ1) is 37.1. The van der Waals surface area contributed by atoms with Crippen molar-refractivity contribution in [2.75, 3.05) is 27.4 Å². The molecule has 1 aliphatic rings. The van der Waals surface area contributed by atoms with Crippen LogP contribution in [0.4, 0.5) is 40.7 Å². The van der Waals surface area contributed by atoms with Crippen LogP contribution < -0.4 is 15.5 Å². The second kappa shape index (κ2) is 30.5. The summed E-state index contributed by atoms with van der Waals surface area (Å²) in [6, 6.07) is 57.1. The molecule has 9 nitrogen and oxygen atoms in total. The number of nitrogen functional groups attached to an aromatic ring is 1.